The number of aromatic nitrogens is 2. The van der Waals surface area contributed by atoms with Crippen LogP contribution < -0.4 is 5.32 Å². The van der Waals surface area contributed by atoms with Crippen LogP contribution in [0.2, 0.25) is 0 Å². The summed E-state index contributed by atoms with van der Waals surface area (Å²) in [6.45, 7) is 2.10. The fraction of sp³-hybridized carbons (Fsp3) is 0.467. The maximum absolute atomic E-state index is 5.40. The van der Waals surface area contributed by atoms with E-state index in [1.165, 1.54) is 5.56 Å². The van der Waals surface area contributed by atoms with E-state index < -0.39 is 0 Å². The van der Waals surface area contributed by atoms with Crippen molar-refractivity contribution >= 4 is 0 Å². The molecule has 1 fully saturated rings. The smallest absolute Gasteiger partial charge is 0.229 e. The molecule has 0 radical (unpaired) electrons. The molecular formula is C15H19N3O. The number of aryl methyl sites for hydroxylation is 2. The second-order valence-electron chi connectivity index (χ2n) is 5.06. The average Bonchev–Trinajstić information content (AvgIpc) is 2.96. The van der Waals surface area contributed by atoms with E-state index in [1.807, 2.05) is 6.07 Å². The fourth-order valence-corrected chi connectivity index (χ4v) is 2.50. The third kappa shape index (κ3) is 3.20. The van der Waals surface area contributed by atoms with Crippen LogP contribution in [0.4, 0.5) is 0 Å². The first-order valence-corrected chi connectivity index (χ1v) is 6.99. The summed E-state index contributed by atoms with van der Waals surface area (Å²) in [5.74, 6) is 2.10. The van der Waals surface area contributed by atoms with Crippen molar-refractivity contribution in [2.24, 2.45) is 0 Å². The lowest BCUT2D eigenvalue weighted by molar-refractivity contribution is 0.318. The summed E-state index contributed by atoms with van der Waals surface area (Å²) in [5, 5.41) is 7.45. The summed E-state index contributed by atoms with van der Waals surface area (Å²) in [5.41, 5.74) is 1.32. The fourth-order valence-electron chi connectivity index (χ4n) is 2.50. The number of benzene rings is 1. The van der Waals surface area contributed by atoms with E-state index in [1.54, 1.807) is 0 Å². The lowest BCUT2D eigenvalue weighted by Crippen LogP contribution is -2.26. The molecule has 2 heterocycles. The lowest BCUT2D eigenvalue weighted by atomic mass is 9.98. The van der Waals surface area contributed by atoms with Crippen molar-refractivity contribution in [2.45, 2.75) is 31.6 Å². The van der Waals surface area contributed by atoms with Crippen molar-refractivity contribution in [1.29, 1.82) is 0 Å². The van der Waals surface area contributed by atoms with E-state index in [-0.39, 0.29) is 0 Å². The number of rotatable bonds is 4. The van der Waals surface area contributed by atoms with Crippen LogP contribution in [-0.2, 0) is 12.8 Å². The normalized spacial score (nSPS) is 16.6. The van der Waals surface area contributed by atoms with E-state index in [9.17, 15) is 0 Å². The first-order valence-electron chi connectivity index (χ1n) is 6.99. The average molecular weight is 257 g/mol. The second kappa shape index (κ2) is 5.97. The monoisotopic (exact) mass is 257 g/mol. The van der Waals surface area contributed by atoms with Gasteiger partial charge in [-0.1, -0.05) is 35.5 Å². The van der Waals surface area contributed by atoms with Crippen molar-refractivity contribution in [3.05, 3.63) is 47.6 Å². The summed E-state index contributed by atoms with van der Waals surface area (Å²) in [7, 11) is 0. The van der Waals surface area contributed by atoms with E-state index in [2.05, 4.69) is 39.7 Å². The summed E-state index contributed by atoms with van der Waals surface area (Å²) >= 11 is 0. The van der Waals surface area contributed by atoms with Gasteiger partial charge in [0, 0.05) is 12.3 Å². The van der Waals surface area contributed by atoms with Crippen LogP contribution in [0.15, 0.2) is 34.9 Å². The predicted molar refractivity (Wildman–Crippen MR) is 73.0 cm³/mol. The molecule has 0 spiro atoms. The topological polar surface area (TPSA) is 51.0 Å². The molecule has 0 atom stereocenters. The Morgan fingerprint density at radius 2 is 1.89 bits per heavy atom. The molecular weight excluding hydrogens is 238 g/mol. The first-order chi connectivity index (χ1) is 9.42. The van der Waals surface area contributed by atoms with Gasteiger partial charge in [-0.05, 0) is 37.9 Å². The molecule has 1 aliphatic heterocycles. The van der Waals surface area contributed by atoms with E-state index in [0.717, 1.165) is 50.5 Å². The zero-order valence-electron chi connectivity index (χ0n) is 11.0. The quantitative estimate of drug-likeness (QED) is 0.913. The molecule has 1 aromatic carbocycles. The Hall–Kier alpha value is -1.68. The Balaban J connectivity index is 1.58. The van der Waals surface area contributed by atoms with Gasteiger partial charge in [-0.25, -0.2) is 0 Å². The van der Waals surface area contributed by atoms with E-state index >= 15 is 0 Å². The van der Waals surface area contributed by atoms with Gasteiger partial charge in [-0.3, -0.25) is 0 Å². The van der Waals surface area contributed by atoms with E-state index in [0.29, 0.717) is 5.92 Å². The summed E-state index contributed by atoms with van der Waals surface area (Å²) in [6, 6.07) is 10.4. The molecule has 2 aromatic rings. The van der Waals surface area contributed by atoms with Crippen LogP contribution in [0.1, 0.15) is 36.0 Å². The first kappa shape index (κ1) is 12.4. The highest BCUT2D eigenvalue weighted by molar-refractivity contribution is 5.15. The van der Waals surface area contributed by atoms with Gasteiger partial charge in [0.05, 0.1) is 0 Å². The molecule has 4 heteroatoms. The third-order valence-corrected chi connectivity index (χ3v) is 3.65. The largest absolute Gasteiger partial charge is 0.339 e. The molecule has 0 amide bonds. The Bertz CT molecular complexity index is 503. The van der Waals surface area contributed by atoms with Crippen LogP contribution in [0, 0.1) is 0 Å². The lowest BCUT2D eigenvalue weighted by Gasteiger charge is -2.18. The van der Waals surface area contributed by atoms with Gasteiger partial charge in [0.15, 0.2) is 5.82 Å². The van der Waals surface area contributed by atoms with E-state index in [4.69, 9.17) is 4.52 Å². The number of hydrogen-bond acceptors (Lipinski definition) is 4. The molecule has 1 N–H and O–H groups in total. The van der Waals surface area contributed by atoms with Crippen molar-refractivity contribution in [3.8, 4) is 0 Å². The maximum Gasteiger partial charge on any atom is 0.229 e. The molecule has 0 aliphatic carbocycles. The highest BCUT2D eigenvalue weighted by atomic mass is 16.5. The van der Waals surface area contributed by atoms with Crippen LogP contribution in [0.3, 0.4) is 0 Å². The Morgan fingerprint density at radius 1 is 1.11 bits per heavy atom. The minimum Gasteiger partial charge on any atom is -0.339 e. The summed E-state index contributed by atoms with van der Waals surface area (Å²) in [6.07, 6.45) is 4.01. The summed E-state index contributed by atoms with van der Waals surface area (Å²) < 4.78 is 5.40. The third-order valence-electron chi connectivity index (χ3n) is 3.65. The number of piperidine rings is 1. The van der Waals surface area contributed by atoms with Crippen molar-refractivity contribution in [1.82, 2.24) is 15.5 Å². The van der Waals surface area contributed by atoms with Crippen molar-refractivity contribution in [3.63, 3.8) is 0 Å². The van der Waals surface area contributed by atoms with Crippen LogP contribution in [0.25, 0.3) is 0 Å². The number of nitrogens with zero attached hydrogens (tertiary/aromatic N) is 2. The molecule has 100 valence electrons. The van der Waals surface area contributed by atoms with Gasteiger partial charge in [-0.2, -0.15) is 4.98 Å². The van der Waals surface area contributed by atoms with Crippen molar-refractivity contribution < 1.29 is 4.52 Å². The molecule has 1 aliphatic rings. The molecule has 4 nitrogen and oxygen atoms in total. The Kier molecular flexibility index (Phi) is 3.89. The molecule has 0 unspecified atom stereocenters. The zero-order valence-corrected chi connectivity index (χ0v) is 11.0. The second-order valence-corrected chi connectivity index (χ2v) is 5.06. The summed E-state index contributed by atoms with van der Waals surface area (Å²) in [4.78, 5) is 4.54. The van der Waals surface area contributed by atoms with Gasteiger partial charge in [-0.15, -0.1) is 0 Å². The zero-order chi connectivity index (χ0) is 12.9. The number of hydrogen-bond donors (Lipinski definition) is 1. The van der Waals surface area contributed by atoms with Gasteiger partial charge in [0.1, 0.15) is 0 Å². The highest BCUT2D eigenvalue weighted by Crippen LogP contribution is 2.23. The van der Waals surface area contributed by atoms with Gasteiger partial charge in [0.25, 0.3) is 0 Å². The molecule has 19 heavy (non-hydrogen) atoms. The standard InChI is InChI=1S/C15H19N3O/c1-2-4-12(5-3-1)6-7-14-17-15(19-18-14)13-8-10-16-11-9-13/h1-5,13,16H,6-11H2. The predicted octanol–water partition coefficient (Wildman–Crippen LogP) is 2.32. The Morgan fingerprint density at radius 3 is 2.68 bits per heavy atom. The molecule has 3 rings (SSSR count). The van der Waals surface area contributed by atoms with Crippen LogP contribution in [-0.4, -0.2) is 23.2 Å². The minimum absolute atomic E-state index is 0.444. The molecule has 1 saturated heterocycles. The highest BCUT2D eigenvalue weighted by Gasteiger charge is 2.21. The molecule has 0 bridgehead atoms. The SMILES string of the molecule is c1ccc(CCc2noc(C3CCNCC3)n2)cc1. The minimum atomic E-state index is 0.444. The van der Waals surface area contributed by atoms with Crippen LogP contribution >= 0.6 is 0 Å². The number of nitrogens with one attached hydrogen (secondary N) is 1. The van der Waals surface area contributed by atoms with Gasteiger partial charge < -0.3 is 9.84 Å². The Labute approximate surface area is 113 Å². The molecule has 0 saturated carbocycles. The maximum atomic E-state index is 5.40. The van der Waals surface area contributed by atoms with Crippen LogP contribution in [0.5, 0.6) is 0 Å². The molecule has 1 aromatic heterocycles. The van der Waals surface area contributed by atoms with Crippen molar-refractivity contribution in [2.75, 3.05) is 13.1 Å². The van der Waals surface area contributed by atoms with Gasteiger partial charge in [0.2, 0.25) is 5.89 Å². The van der Waals surface area contributed by atoms with Gasteiger partial charge >= 0.3 is 0 Å².